The van der Waals surface area contributed by atoms with Crippen LogP contribution in [0.4, 0.5) is 17.1 Å². The topological polar surface area (TPSA) is 21.3 Å². The van der Waals surface area contributed by atoms with Crippen molar-refractivity contribution in [1.82, 2.24) is 4.57 Å². The molecular formula is C53H44N2O. The minimum Gasteiger partial charge on any atom is -0.456 e. The van der Waals surface area contributed by atoms with Crippen molar-refractivity contribution >= 4 is 66.8 Å². The summed E-state index contributed by atoms with van der Waals surface area (Å²) in [5.74, 6) is 1.06. The highest BCUT2D eigenvalue weighted by molar-refractivity contribution is 6.14. The number of hydrogen-bond donors (Lipinski definition) is 0. The van der Waals surface area contributed by atoms with Crippen LogP contribution in [-0.4, -0.2) is 4.57 Å². The molecular weight excluding hydrogens is 681 g/mol. The first-order chi connectivity index (χ1) is 27.7. The number of rotatable bonds is 6. The van der Waals surface area contributed by atoms with E-state index < -0.39 is 0 Å². The Balaban J connectivity index is 1.21. The largest absolute Gasteiger partial charge is 0.456 e. The number of anilines is 3. The average molecular weight is 725 g/mol. The summed E-state index contributed by atoms with van der Waals surface area (Å²) in [4.78, 5) is 2.50. The molecule has 0 N–H and O–H groups in total. The first kappa shape index (κ1) is 33.1. The van der Waals surface area contributed by atoms with Gasteiger partial charge >= 0.3 is 0 Å². The molecule has 2 aliphatic carbocycles. The summed E-state index contributed by atoms with van der Waals surface area (Å²) in [7, 11) is 0. The highest BCUT2D eigenvalue weighted by atomic mass is 16.3. The summed E-state index contributed by atoms with van der Waals surface area (Å²) in [6, 6.07) is 55.9. The van der Waals surface area contributed by atoms with Crippen molar-refractivity contribution < 1.29 is 4.42 Å². The smallest absolute Gasteiger partial charge is 0.137 e. The molecule has 3 heteroatoms. The van der Waals surface area contributed by atoms with Crippen LogP contribution in [0.5, 0.6) is 0 Å². The quantitative estimate of drug-likeness (QED) is 0.170. The summed E-state index contributed by atoms with van der Waals surface area (Å²) in [5.41, 5.74) is 14.3. The van der Waals surface area contributed by atoms with Crippen molar-refractivity contribution in [1.29, 1.82) is 0 Å². The minimum atomic E-state index is 0.475. The number of benzene rings is 7. The molecule has 1 atom stereocenters. The summed E-state index contributed by atoms with van der Waals surface area (Å²) in [6.45, 7) is 2.32. The molecule has 7 aromatic carbocycles. The molecule has 2 aromatic heterocycles. The zero-order valence-electron chi connectivity index (χ0n) is 31.8. The van der Waals surface area contributed by atoms with E-state index in [0.717, 1.165) is 45.4 Å². The van der Waals surface area contributed by atoms with Crippen molar-refractivity contribution in [3.63, 3.8) is 0 Å². The predicted octanol–water partition coefficient (Wildman–Crippen LogP) is 15.1. The van der Waals surface area contributed by atoms with Gasteiger partial charge in [0.05, 0.1) is 22.3 Å². The summed E-state index contributed by atoms with van der Waals surface area (Å²) >= 11 is 0. The van der Waals surface area contributed by atoms with Crippen LogP contribution in [-0.2, 0) is 6.42 Å². The third-order valence-electron chi connectivity index (χ3n) is 12.5. The van der Waals surface area contributed by atoms with Crippen LogP contribution in [0, 0.1) is 5.92 Å². The zero-order chi connectivity index (χ0) is 37.2. The summed E-state index contributed by atoms with van der Waals surface area (Å²) in [5, 5.41) is 6.22. The van der Waals surface area contributed by atoms with Crippen LogP contribution in [0.15, 0.2) is 162 Å². The number of nitrogens with zero attached hydrogens (tertiary/aromatic N) is 2. The second-order valence-electron chi connectivity index (χ2n) is 16.0. The van der Waals surface area contributed by atoms with Crippen LogP contribution in [0.1, 0.15) is 61.8 Å². The van der Waals surface area contributed by atoms with Gasteiger partial charge in [0.2, 0.25) is 0 Å². The highest BCUT2D eigenvalue weighted by Gasteiger charge is 2.27. The Kier molecular flexibility index (Phi) is 7.94. The molecule has 272 valence electrons. The fraction of sp³-hybridized carbons (Fsp3) is 0.170. The molecule has 0 radical (unpaired) electrons. The van der Waals surface area contributed by atoms with Gasteiger partial charge in [0.25, 0.3) is 0 Å². The van der Waals surface area contributed by atoms with Gasteiger partial charge in [0.1, 0.15) is 11.2 Å². The van der Waals surface area contributed by atoms with Crippen LogP contribution in [0.3, 0.4) is 0 Å². The van der Waals surface area contributed by atoms with Gasteiger partial charge in [0.15, 0.2) is 0 Å². The molecule has 3 nitrogen and oxygen atoms in total. The maximum atomic E-state index is 6.54. The first-order valence-corrected chi connectivity index (χ1v) is 20.4. The molecule has 1 saturated carbocycles. The van der Waals surface area contributed by atoms with Crippen molar-refractivity contribution in [3.05, 3.63) is 175 Å². The Morgan fingerprint density at radius 3 is 2.23 bits per heavy atom. The lowest BCUT2D eigenvalue weighted by Crippen LogP contribution is -2.12. The van der Waals surface area contributed by atoms with E-state index in [1.807, 2.05) is 0 Å². The van der Waals surface area contributed by atoms with E-state index in [0.29, 0.717) is 11.8 Å². The number of aromatic nitrogens is 1. The molecule has 0 bridgehead atoms. The SMILES string of the molecule is CC1C=Cc2c(n(-c3ccccc3)c3cc(N(c4ccccc4-c4cccc5cccc(C6CCCCC6)c45)c4cccc5oc6ccccc6c45)ccc23)C1. The lowest BCUT2D eigenvalue weighted by Gasteiger charge is -2.30. The number of fused-ring (bicyclic) bond motifs is 7. The Labute approximate surface area is 328 Å². The van der Waals surface area contributed by atoms with Gasteiger partial charge in [-0.3, -0.25) is 0 Å². The van der Waals surface area contributed by atoms with Gasteiger partial charge in [0, 0.05) is 39.0 Å². The molecule has 0 amide bonds. The second kappa shape index (κ2) is 13.5. The maximum absolute atomic E-state index is 6.54. The molecule has 9 aromatic rings. The first-order valence-electron chi connectivity index (χ1n) is 20.4. The van der Waals surface area contributed by atoms with E-state index in [4.69, 9.17) is 4.42 Å². The number of allylic oxidation sites excluding steroid dienone is 1. The molecule has 2 heterocycles. The zero-order valence-corrected chi connectivity index (χ0v) is 31.8. The average Bonchev–Trinajstić information content (AvgIpc) is 3.79. The van der Waals surface area contributed by atoms with E-state index >= 15 is 0 Å². The molecule has 1 unspecified atom stereocenters. The minimum absolute atomic E-state index is 0.475. The van der Waals surface area contributed by atoms with Crippen LogP contribution >= 0.6 is 0 Å². The van der Waals surface area contributed by atoms with E-state index in [9.17, 15) is 0 Å². The van der Waals surface area contributed by atoms with Gasteiger partial charge in [-0.2, -0.15) is 0 Å². The van der Waals surface area contributed by atoms with Gasteiger partial charge < -0.3 is 13.9 Å². The van der Waals surface area contributed by atoms with Crippen LogP contribution < -0.4 is 4.90 Å². The normalized spacial score (nSPS) is 15.9. The van der Waals surface area contributed by atoms with Crippen molar-refractivity contribution in [2.45, 2.75) is 51.4 Å². The van der Waals surface area contributed by atoms with E-state index in [2.05, 4.69) is 180 Å². The van der Waals surface area contributed by atoms with Crippen LogP contribution in [0.2, 0.25) is 0 Å². The number of para-hydroxylation sites is 3. The Hall–Kier alpha value is -6.32. The number of furan rings is 1. The van der Waals surface area contributed by atoms with Crippen molar-refractivity contribution in [2.75, 3.05) is 4.90 Å². The fourth-order valence-electron chi connectivity index (χ4n) is 9.98. The lowest BCUT2D eigenvalue weighted by atomic mass is 9.80. The third kappa shape index (κ3) is 5.33. The lowest BCUT2D eigenvalue weighted by molar-refractivity contribution is 0.445. The molecule has 1 fully saturated rings. The molecule has 11 rings (SSSR count). The van der Waals surface area contributed by atoms with E-state index in [-0.39, 0.29) is 0 Å². The van der Waals surface area contributed by atoms with Gasteiger partial charge in [-0.05, 0) is 102 Å². The second-order valence-corrected chi connectivity index (χ2v) is 16.0. The van der Waals surface area contributed by atoms with Gasteiger partial charge in [-0.15, -0.1) is 0 Å². The Morgan fingerprint density at radius 2 is 1.34 bits per heavy atom. The fourth-order valence-corrected chi connectivity index (χ4v) is 9.98. The molecule has 2 aliphatic rings. The molecule has 56 heavy (non-hydrogen) atoms. The summed E-state index contributed by atoms with van der Waals surface area (Å²) < 4.78 is 9.05. The van der Waals surface area contributed by atoms with E-state index in [1.54, 1.807) is 0 Å². The monoisotopic (exact) mass is 724 g/mol. The maximum Gasteiger partial charge on any atom is 0.137 e. The Bertz CT molecular complexity index is 2950. The highest BCUT2D eigenvalue weighted by Crippen LogP contribution is 2.49. The molecule has 0 spiro atoms. The Morgan fingerprint density at radius 1 is 0.607 bits per heavy atom. The third-order valence-corrected chi connectivity index (χ3v) is 12.5. The molecule has 0 aliphatic heterocycles. The standard InChI is InChI=1S/C53H44N2O/c1-35-29-31-42-43-32-30-39(34-49(43)54(48(42)33-35)38-19-6-3-7-20-38)55(47-26-14-28-51-53(47)45-22-9-11-27-50(45)56-51)46-25-10-8-21-41(46)44-24-13-18-37-17-12-23-40(52(37)44)36-15-4-2-5-16-36/h3,6-14,17-32,34-36H,2,4-5,15-16,33H2,1H3. The summed E-state index contributed by atoms with van der Waals surface area (Å²) in [6.07, 6.45) is 12.2. The van der Waals surface area contributed by atoms with Gasteiger partial charge in [-0.25, -0.2) is 0 Å². The number of hydrogen-bond acceptors (Lipinski definition) is 2. The van der Waals surface area contributed by atoms with Crippen molar-refractivity contribution in [3.8, 4) is 16.8 Å². The predicted molar refractivity (Wildman–Crippen MR) is 236 cm³/mol. The van der Waals surface area contributed by atoms with Gasteiger partial charge in [-0.1, -0.05) is 141 Å². The molecule has 0 saturated heterocycles. The van der Waals surface area contributed by atoms with E-state index in [1.165, 1.54) is 87.4 Å². The van der Waals surface area contributed by atoms with Crippen LogP contribution in [0.25, 0.3) is 66.5 Å². The van der Waals surface area contributed by atoms with Crippen molar-refractivity contribution in [2.24, 2.45) is 5.92 Å².